The molecule has 2 atom stereocenters. The SMILES string of the molecule is CCCC1CCC(COc2ccc(C(F)(F)Oc3cc(F)c(F)c(F)c3)c(F)c2F)CO1. The molecule has 0 radical (unpaired) electrons. The lowest BCUT2D eigenvalue weighted by molar-refractivity contribution is -0.188. The van der Waals surface area contributed by atoms with Crippen molar-refractivity contribution in [3.8, 4) is 11.5 Å². The first-order valence-corrected chi connectivity index (χ1v) is 10.1. The number of halogens is 7. The Morgan fingerprint density at radius 2 is 1.66 bits per heavy atom. The van der Waals surface area contributed by atoms with Crippen LogP contribution in [0.25, 0.3) is 0 Å². The van der Waals surface area contributed by atoms with Crippen LogP contribution in [-0.2, 0) is 10.8 Å². The standard InChI is InChI=1S/C22H21F7O3/c1-2-3-13-5-4-12(10-30-13)11-31-18-7-6-15(19(25)21(18)27)22(28,29)32-14-8-16(23)20(26)17(24)9-14/h6-9,12-13H,2-5,10-11H2,1H3. The Hall–Kier alpha value is -2.49. The van der Waals surface area contributed by atoms with Gasteiger partial charge in [0.1, 0.15) is 11.3 Å². The molecule has 0 amide bonds. The number of hydrogen-bond donors (Lipinski definition) is 0. The average Bonchev–Trinajstić information content (AvgIpc) is 2.74. The minimum Gasteiger partial charge on any atom is -0.490 e. The molecule has 1 heterocycles. The molecule has 1 aliphatic rings. The van der Waals surface area contributed by atoms with Gasteiger partial charge in [0, 0.05) is 18.1 Å². The minimum atomic E-state index is -4.51. The summed E-state index contributed by atoms with van der Waals surface area (Å²) in [7, 11) is 0. The summed E-state index contributed by atoms with van der Waals surface area (Å²) < 4.78 is 112. The van der Waals surface area contributed by atoms with Gasteiger partial charge in [-0.2, -0.15) is 13.2 Å². The van der Waals surface area contributed by atoms with Crippen molar-refractivity contribution in [3.05, 3.63) is 58.9 Å². The second kappa shape index (κ2) is 9.97. The highest BCUT2D eigenvalue weighted by Crippen LogP contribution is 2.37. The Bertz CT molecular complexity index is 920. The summed E-state index contributed by atoms with van der Waals surface area (Å²) in [5.41, 5.74) is -1.52. The van der Waals surface area contributed by atoms with Gasteiger partial charge in [0.15, 0.2) is 29.0 Å². The molecular formula is C22H21F7O3. The highest BCUT2D eigenvalue weighted by atomic mass is 19.3. The summed E-state index contributed by atoms with van der Waals surface area (Å²) >= 11 is 0. The Morgan fingerprint density at radius 3 is 2.25 bits per heavy atom. The maximum Gasteiger partial charge on any atom is 0.429 e. The van der Waals surface area contributed by atoms with Crippen molar-refractivity contribution in [2.75, 3.05) is 13.2 Å². The van der Waals surface area contributed by atoms with E-state index in [1.165, 1.54) is 0 Å². The second-order valence-electron chi connectivity index (χ2n) is 7.56. The van der Waals surface area contributed by atoms with Crippen LogP contribution in [0.2, 0.25) is 0 Å². The first-order chi connectivity index (χ1) is 15.1. The van der Waals surface area contributed by atoms with E-state index in [1.807, 2.05) is 6.92 Å². The lowest BCUT2D eigenvalue weighted by Gasteiger charge is -2.29. The molecule has 3 rings (SSSR count). The third-order valence-corrected chi connectivity index (χ3v) is 5.11. The zero-order valence-electron chi connectivity index (χ0n) is 17.1. The molecule has 0 saturated carbocycles. The van der Waals surface area contributed by atoms with E-state index in [-0.39, 0.29) is 30.8 Å². The molecule has 10 heteroatoms. The molecule has 0 spiro atoms. The Kier molecular flexibility index (Phi) is 7.53. The van der Waals surface area contributed by atoms with Gasteiger partial charge >= 0.3 is 6.11 Å². The Balaban J connectivity index is 1.68. The normalized spacial score (nSPS) is 19.1. The molecule has 176 valence electrons. The van der Waals surface area contributed by atoms with E-state index in [2.05, 4.69) is 4.74 Å². The van der Waals surface area contributed by atoms with Crippen LogP contribution in [0.5, 0.6) is 11.5 Å². The molecule has 2 aromatic rings. The van der Waals surface area contributed by atoms with E-state index in [0.29, 0.717) is 12.7 Å². The van der Waals surface area contributed by atoms with Crippen LogP contribution in [-0.4, -0.2) is 19.3 Å². The largest absolute Gasteiger partial charge is 0.490 e. The summed E-state index contributed by atoms with van der Waals surface area (Å²) in [6, 6.07) is 1.67. The highest BCUT2D eigenvalue weighted by molar-refractivity contribution is 5.34. The van der Waals surface area contributed by atoms with Gasteiger partial charge in [-0.05, 0) is 31.4 Å². The van der Waals surface area contributed by atoms with Crippen molar-refractivity contribution in [2.24, 2.45) is 5.92 Å². The van der Waals surface area contributed by atoms with E-state index in [4.69, 9.17) is 9.47 Å². The summed E-state index contributed by atoms with van der Waals surface area (Å²) in [5.74, 6) is -10.8. The molecule has 32 heavy (non-hydrogen) atoms. The molecule has 3 nitrogen and oxygen atoms in total. The summed E-state index contributed by atoms with van der Waals surface area (Å²) in [4.78, 5) is 0. The van der Waals surface area contributed by atoms with Gasteiger partial charge < -0.3 is 14.2 Å². The van der Waals surface area contributed by atoms with Gasteiger partial charge in [-0.15, -0.1) is 0 Å². The minimum absolute atomic E-state index is 0.00950. The van der Waals surface area contributed by atoms with Crippen LogP contribution in [0.15, 0.2) is 24.3 Å². The monoisotopic (exact) mass is 466 g/mol. The topological polar surface area (TPSA) is 27.7 Å². The van der Waals surface area contributed by atoms with Crippen LogP contribution >= 0.6 is 0 Å². The summed E-state index contributed by atoms with van der Waals surface area (Å²) in [6.07, 6.45) is -0.846. The van der Waals surface area contributed by atoms with E-state index in [1.54, 1.807) is 0 Å². The first kappa shape index (κ1) is 24.2. The van der Waals surface area contributed by atoms with Crippen molar-refractivity contribution in [1.29, 1.82) is 0 Å². The first-order valence-electron chi connectivity index (χ1n) is 10.1. The fourth-order valence-corrected chi connectivity index (χ4v) is 3.41. The average molecular weight is 466 g/mol. The van der Waals surface area contributed by atoms with E-state index in [9.17, 15) is 30.7 Å². The van der Waals surface area contributed by atoms with Crippen molar-refractivity contribution < 1.29 is 44.9 Å². The highest BCUT2D eigenvalue weighted by Gasteiger charge is 2.40. The van der Waals surface area contributed by atoms with Crippen LogP contribution in [0, 0.1) is 35.0 Å². The molecule has 0 aromatic heterocycles. The van der Waals surface area contributed by atoms with Crippen molar-refractivity contribution in [2.45, 2.75) is 44.8 Å². The number of rotatable bonds is 8. The van der Waals surface area contributed by atoms with Gasteiger partial charge in [-0.25, -0.2) is 17.6 Å². The molecule has 1 aliphatic heterocycles. The Morgan fingerprint density at radius 1 is 0.969 bits per heavy atom. The van der Waals surface area contributed by atoms with Crippen molar-refractivity contribution in [1.82, 2.24) is 0 Å². The maximum atomic E-state index is 14.3. The zero-order chi connectivity index (χ0) is 23.5. The predicted molar refractivity (Wildman–Crippen MR) is 100 cm³/mol. The third kappa shape index (κ3) is 5.46. The van der Waals surface area contributed by atoms with Gasteiger partial charge in [-0.1, -0.05) is 13.3 Å². The predicted octanol–water partition coefficient (Wildman–Crippen LogP) is 6.48. The second-order valence-corrected chi connectivity index (χ2v) is 7.56. The lowest BCUT2D eigenvalue weighted by atomic mass is 9.97. The molecule has 0 bridgehead atoms. The molecule has 0 N–H and O–H groups in total. The molecule has 1 saturated heterocycles. The molecule has 2 unspecified atom stereocenters. The van der Waals surface area contributed by atoms with Crippen LogP contribution < -0.4 is 9.47 Å². The van der Waals surface area contributed by atoms with E-state index in [0.717, 1.165) is 31.7 Å². The fourth-order valence-electron chi connectivity index (χ4n) is 3.41. The van der Waals surface area contributed by atoms with Gasteiger partial charge in [0.05, 0.1) is 19.3 Å². The zero-order valence-corrected chi connectivity index (χ0v) is 17.1. The number of ether oxygens (including phenoxy) is 3. The smallest absolute Gasteiger partial charge is 0.429 e. The van der Waals surface area contributed by atoms with Gasteiger partial charge in [-0.3, -0.25) is 0 Å². The molecular weight excluding hydrogens is 445 g/mol. The van der Waals surface area contributed by atoms with Crippen LogP contribution in [0.1, 0.15) is 38.2 Å². The number of hydrogen-bond acceptors (Lipinski definition) is 3. The third-order valence-electron chi connectivity index (χ3n) is 5.11. The van der Waals surface area contributed by atoms with Crippen LogP contribution in [0.3, 0.4) is 0 Å². The molecule has 2 aromatic carbocycles. The lowest BCUT2D eigenvalue weighted by Crippen LogP contribution is -2.29. The van der Waals surface area contributed by atoms with Crippen molar-refractivity contribution in [3.63, 3.8) is 0 Å². The van der Waals surface area contributed by atoms with Crippen molar-refractivity contribution >= 4 is 0 Å². The van der Waals surface area contributed by atoms with Gasteiger partial charge in [0.2, 0.25) is 5.82 Å². The summed E-state index contributed by atoms with van der Waals surface area (Å²) in [6.45, 7) is 2.45. The number of benzene rings is 2. The van der Waals surface area contributed by atoms with E-state index >= 15 is 0 Å². The van der Waals surface area contributed by atoms with Crippen LogP contribution in [0.4, 0.5) is 30.7 Å². The van der Waals surface area contributed by atoms with Gasteiger partial charge in [0.25, 0.3) is 0 Å². The number of alkyl halides is 2. The summed E-state index contributed by atoms with van der Waals surface area (Å²) in [5, 5.41) is 0. The molecule has 0 aliphatic carbocycles. The maximum absolute atomic E-state index is 14.3. The quantitative estimate of drug-likeness (QED) is 0.329. The molecule has 1 fully saturated rings. The van der Waals surface area contributed by atoms with E-state index < -0.39 is 52.3 Å². The fraction of sp³-hybridized carbons (Fsp3) is 0.455. The Labute approximate surface area is 180 Å².